The summed E-state index contributed by atoms with van der Waals surface area (Å²) in [5.74, 6) is 0.269. The summed E-state index contributed by atoms with van der Waals surface area (Å²) in [5.41, 5.74) is 1.65. The lowest BCUT2D eigenvalue weighted by Crippen LogP contribution is -2.31. The van der Waals surface area contributed by atoms with E-state index >= 15 is 0 Å². The van der Waals surface area contributed by atoms with Crippen molar-refractivity contribution in [3.05, 3.63) is 28.3 Å². The summed E-state index contributed by atoms with van der Waals surface area (Å²) in [7, 11) is -0.0835. The third-order valence-corrected chi connectivity index (χ3v) is 5.28. The van der Waals surface area contributed by atoms with Gasteiger partial charge >= 0.3 is 0 Å². The van der Waals surface area contributed by atoms with Crippen molar-refractivity contribution in [2.45, 2.75) is 32.2 Å². The molecule has 0 fully saturated rings. The van der Waals surface area contributed by atoms with Gasteiger partial charge in [0, 0.05) is 25.2 Å². The number of rotatable bonds is 6. The van der Waals surface area contributed by atoms with Gasteiger partial charge in [-0.15, -0.1) is 0 Å². The third kappa shape index (κ3) is 3.95. The van der Waals surface area contributed by atoms with Crippen LogP contribution in [0.5, 0.6) is 0 Å². The van der Waals surface area contributed by atoms with Crippen molar-refractivity contribution in [1.82, 2.24) is 9.62 Å². The summed E-state index contributed by atoms with van der Waals surface area (Å²) in [6.07, 6.45) is 0. The van der Waals surface area contributed by atoms with Gasteiger partial charge in [0.15, 0.2) is 0 Å². The van der Waals surface area contributed by atoms with Crippen LogP contribution in [0.1, 0.15) is 25.0 Å². The molecule has 4 nitrogen and oxygen atoms in total. The van der Waals surface area contributed by atoms with Crippen LogP contribution < -0.4 is 5.32 Å². The molecule has 114 valence electrons. The zero-order valence-corrected chi connectivity index (χ0v) is 14.3. The second-order valence-corrected chi connectivity index (χ2v) is 7.85. The molecule has 0 aliphatic rings. The molecule has 0 bridgehead atoms. The molecule has 20 heavy (non-hydrogen) atoms. The second-order valence-electron chi connectivity index (χ2n) is 5.40. The average Bonchev–Trinajstić information content (AvgIpc) is 2.32. The van der Waals surface area contributed by atoms with E-state index in [2.05, 4.69) is 5.32 Å². The van der Waals surface area contributed by atoms with Crippen LogP contribution in [0.2, 0.25) is 5.02 Å². The van der Waals surface area contributed by atoms with Crippen LogP contribution in [0, 0.1) is 12.8 Å². The Labute approximate surface area is 127 Å². The molecule has 1 N–H and O–H groups in total. The number of nitrogens with one attached hydrogen (secondary N) is 1. The van der Waals surface area contributed by atoms with Gasteiger partial charge in [0.2, 0.25) is 10.0 Å². The van der Waals surface area contributed by atoms with E-state index in [1.165, 1.54) is 10.4 Å². The van der Waals surface area contributed by atoms with Crippen molar-refractivity contribution < 1.29 is 8.42 Å². The van der Waals surface area contributed by atoms with Gasteiger partial charge in [-0.25, -0.2) is 12.7 Å². The van der Waals surface area contributed by atoms with Gasteiger partial charge in [-0.1, -0.05) is 25.4 Å². The fourth-order valence-electron chi connectivity index (χ4n) is 2.13. The van der Waals surface area contributed by atoms with Gasteiger partial charge < -0.3 is 5.32 Å². The quantitative estimate of drug-likeness (QED) is 0.877. The Kier molecular flexibility index (Phi) is 6.01. The molecule has 0 unspecified atom stereocenters. The first-order valence-electron chi connectivity index (χ1n) is 6.60. The highest BCUT2D eigenvalue weighted by atomic mass is 35.5. The van der Waals surface area contributed by atoms with E-state index in [0.29, 0.717) is 23.0 Å². The Hall–Kier alpha value is -0.620. The highest BCUT2D eigenvalue weighted by Crippen LogP contribution is 2.26. The molecule has 0 amide bonds. The zero-order chi connectivity index (χ0) is 15.5. The fraction of sp³-hybridized carbons (Fsp3) is 0.571. The average molecular weight is 319 g/mol. The molecule has 0 saturated carbocycles. The van der Waals surface area contributed by atoms with Crippen LogP contribution in [0.15, 0.2) is 17.0 Å². The summed E-state index contributed by atoms with van der Waals surface area (Å²) in [5, 5.41) is 3.47. The Morgan fingerprint density at radius 2 is 1.95 bits per heavy atom. The predicted octanol–water partition coefficient (Wildman–Crippen LogP) is 2.64. The van der Waals surface area contributed by atoms with Crippen LogP contribution in [0.4, 0.5) is 0 Å². The molecule has 1 aromatic carbocycles. The lowest BCUT2D eigenvalue weighted by Gasteiger charge is -2.21. The van der Waals surface area contributed by atoms with Gasteiger partial charge in [-0.3, -0.25) is 0 Å². The molecule has 0 radical (unpaired) electrons. The molecule has 0 aliphatic carbocycles. The number of halogens is 1. The third-order valence-electron chi connectivity index (χ3n) is 3.11. The van der Waals surface area contributed by atoms with Crippen LogP contribution in [0.25, 0.3) is 0 Å². The second kappa shape index (κ2) is 6.89. The normalized spacial score (nSPS) is 12.4. The lowest BCUT2D eigenvalue weighted by molar-refractivity contribution is 0.417. The zero-order valence-electron chi connectivity index (χ0n) is 12.7. The van der Waals surface area contributed by atoms with Gasteiger partial charge in [0.05, 0.1) is 4.90 Å². The first-order valence-corrected chi connectivity index (χ1v) is 8.42. The van der Waals surface area contributed by atoms with Gasteiger partial charge in [0.25, 0.3) is 0 Å². The minimum atomic E-state index is -3.51. The predicted molar refractivity (Wildman–Crippen MR) is 83.6 cm³/mol. The molecule has 0 aromatic heterocycles. The Morgan fingerprint density at radius 3 is 2.45 bits per heavy atom. The molecule has 0 spiro atoms. The van der Waals surface area contributed by atoms with Crippen LogP contribution >= 0.6 is 11.6 Å². The summed E-state index contributed by atoms with van der Waals surface area (Å²) in [6, 6.07) is 3.33. The Bertz CT molecular complexity index is 571. The van der Waals surface area contributed by atoms with Gasteiger partial charge in [0.1, 0.15) is 0 Å². The van der Waals surface area contributed by atoms with Gasteiger partial charge in [-0.2, -0.15) is 0 Å². The van der Waals surface area contributed by atoms with E-state index in [1.54, 1.807) is 13.1 Å². The molecular formula is C14H23ClN2O2S. The maximum atomic E-state index is 12.6. The minimum absolute atomic E-state index is 0.269. The molecule has 1 aromatic rings. The lowest BCUT2D eigenvalue weighted by atomic mass is 10.1. The largest absolute Gasteiger partial charge is 0.316 e. The van der Waals surface area contributed by atoms with Crippen molar-refractivity contribution in [2.75, 3.05) is 20.6 Å². The summed E-state index contributed by atoms with van der Waals surface area (Å²) in [4.78, 5) is 0.290. The van der Waals surface area contributed by atoms with E-state index in [4.69, 9.17) is 11.6 Å². The summed E-state index contributed by atoms with van der Waals surface area (Å²) in [6.45, 7) is 6.87. The monoisotopic (exact) mass is 318 g/mol. The van der Waals surface area contributed by atoms with E-state index in [-0.39, 0.29) is 5.92 Å². The van der Waals surface area contributed by atoms with Crippen molar-refractivity contribution >= 4 is 21.6 Å². The first kappa shape index (κ1) is 17.4. The number of nitrogens with zero attached hydrogens (tertiary/aromatic N) is 1. The summed E-state index contributed by atoms with van der Waals surface area (Å²) >= 11 is 6.06. The van der Waals surface area contributed by atoms with E-state index in [1.807, 2.05) is 27.8 Å². The maximum Gasteiger partial charge on any atom is 0.243 e. The highest BCUT2D eigenvalue weighted by molar-refractivity contribution is 7.89. The van der Waals surface area contributed by atoms with Crippen LogP contribution in [-0.2, 0) is 16.6 Å². The molecule has 1 rings (SSSR count). The van der Waals surface area contributed by atoms with Crippen LogP contribution in [-0.4, -0.2) is 33.4 Å². The molecule has 0 saturated heterocycles. The maximum absolute atomic E-state index is 12.6. The summed E-state index contributed by atoms with van der Waals surface area (Å²) < 4.78 is 26.7. The van der Waals surface area contributed by atoms with E-state index in [9.17, 15) is 8.42 Å². The molecule has 0 aliphatic heterocycles. The fourth-order valence-corrected chi connectivity index (χ4v) is 4.06. The van der Waals surface area contributed by atoms with Crippen LogP contribution in [0.3, 0.4) is 0 Å². The SMILES string of the molecule is CNCc1cc(Cl)cc(S(=O)(=O)N(C)CC(C)C)c1C. The van der Waals surface area contributed by atoms with Crippen molar-refractivity contribution in [2.24, 2.45) is 5.92 Å². The van der Waals surface area contributed by atoms with Crippen molar-refractivity contribution in [3.63, 3.8) is 0 Å². The first-order chi connectivity index (χ1) is 9.20. The van der Waals surface area contributed by atoms with Crippen molar-refractivity contribution in [1.29, 1.82) is 0 Å². The van der Waals surface area contributed by atoms with E-state index in [0.717, 1.165) is 11.1 Å². The Balaban J connectivity index is 3.31. The molecule has 6 heteroatoms. The minimum Gasteiger partial charge on any atom is -0.316 e. The number of hydrogen-bond acceptors (Lipinski definition) is 3. The molecule has 0 heterocycles. The number of sulfonamides is 1. The van der Waals surface area contributed by atoms with E-state index < -0.39 is 10.0 Å². The topological polar surface area (TPSA) is 49.4 Å². The smallest absolute Gasteiger partial charge is 0.243 e. The molecule has 0 atom stereocenters. The standard InChI is InChI=1S/C14H23ClN2O2S/c1-10(2)9-17(5)20(18,19)14-7-13(15)6-12(8-16-4)11(14)3/h6-7,10,16H,8-9H2,1-5H3. The number of hydrogen-bond donors (Lipinski definition) is 1. The van der Waals surface area contributed by atoms with Crippen molar-refractivity contribution in [3.8, 4) is 0 Å². The molecular weight excluding hydrogens is 296 g/mol. The van der Waals surface area contributed by atoms with Gasteiger partial charge in [-0.05, 0) is 43.1 Å². The number of benzene rings is 1. The Morgan fingerprint density at radius 1 is 1.35 bits per heavy atom. The highest BCUT2D eigenvalue weighted by Gasteiger charge is 2.25.